The molecule has 1 aliphatic carbocycles. The van der Waals surface area contributed by atoms with Crippen LogP contribution in [0.1, 0.15) is 25.7 Å². The monoisotopic (exact) mass is 235 g/mol. The van der Waals surface area contributed by atoms with Crippen LogP contribution in [0.3, 0.4) is 0 Å². The maximum atomic E-state index is 12.7. The topological polar surface area (TPSA) is 60.4 Å². The Bertz CT molecular complexity index is 299. The zero-order chi connectivity index (χ0) is 11.0. The van der Waals surface area contributed by atoms with Gasteiger partial charge in [-0.25, -0.2) is 21.5 Å². The van der Waals surface area contributed by atoms with E-state index in [2.05, 4.69) is 0 Å². The molecule has 0 spiro atoms. The number of hydrogen-bond acceptors (Lipinski definition) is 3. The first kappa shape index (κ1) is 15.3. The van der Waals surface area contributed by atoms with E-state index >= 15 is 0 Å². The van der Waals surface area contributed by atoms with Gasteiger partial charge in [0.2, 0.25) is 5.92 Å². The summed E-state index contributed by atoms with van der Waals surface area (Å²) in [4.78, 5) is 0. The molecule has 8 heteroatoms. The molecule has 4 nitrogen and oxygen atoms in total. The molecule has 1 fully saturated rings. The summed E-state index contributed by atoms with van der Waals surface area (Å²) in [6.07, 6.45) is -0.606. The van der Waals surface area contributed by atoms with E-state index in [1.807, 2.05) is 0 Å². The van der Waals surface area contributed by atoms with Gasteiger partial charge in [-0.2, -0.15) is 0 Å². The van der Waals surface area contributed by atoms with E-state index in [-0.39, 0.29) is 44.5 Å². The summed E-state index contributed by atoms with van der Waals surface area (Å²) in [5.41, 5.74) is 0. The summed E-state index contributed by atoms with van der Waals surface area (Å²) in [5.74, 6) is -2.70. The Labute approximate surface area is 100 Å². The maximum absolute atomic E-state index is 12.7. The first-order chi connectivity index (χ1) is 6.22. The summed E-state index contributed by atoms with van der Waals surface area (Å²) in [5, 5.41) is 0. The van der Waals surface area contributed by atoms with Crippen LogP contribution in [0.2, 0.25) is 0 Å². The molecule has 0 atom stereocenters. The van der Waals surface area contributed by atoms with E-state index in [9.17, 15) is 21.8 Å². The quantitative estimate of drug-likeness (QED) is 0.409. The molecule has 84 valence electrons. The first-order valence-electron chi connectivity index (χ1n) is 4.29. The molecule has 0 unspecified atom stereocenters. The van der Waals surface area contributed by atoms with Crippen LogP contribution in [-0.4, -0.2) is 36.3 Å². The van der Waals surface area contributed by atoms with E-state index in [0.717, 1.165) is 7.05 Å². The van der Waals surface area contributed by atoms with Crippen molar-refractivity contribution in [2.75, 3.05) is 7.05 Å². The van der Waals surface area contributed by atoms with Gasteiger partial charge in [0.05, 0.1) is 0 Å². The van der Waals surface area contributed by atoms with Crippen molar-refractivity contribution in [2.45, 2.75) is 37.6 Å². The molecule has 0 saturated heterocycles. The molecule has 0 aliphatic heterocycles. The molecule has 0 aromatic heterocycles. The summed E-state index contributed by atoms with van der Waals surface area (Å²) in [6.45, 7) is 0. The molecule has 0 radical (unpaired) electrons. The van der Waals surface area contributed by atoms with E-state index in [4.69, 9.17) is 0 Å². The maximum Gasteiger partial charge on any atom is 1.00 e. The van der Waals surface area contributed by atoms with Crippen molar-refractivity contribution < 1.29 is 40.6 Å². The Kier molecular flexibility index (Phi) is 5.22. The van der Waals surface area contributed by atoms with Gasteiger partial charge < -0.3 is 4.55 Å². The third kappa shape index (κ3) is 4.37. The first-order valence-corrected chi connectivity index (χ1v) is 5.65. The van der Waals surface area contributed by atoms with Crippen LogP contribution in [0.15, 0.2) is 0 Å². The second-order valence-electron chi connectivity index (χ2n) is 3.56. The van der Waals surface area contributed by atoms with Gasteiger partial charge in [0.15, 0.2) is 10.3 Å². The Balaban J connectivity index is 0.00000196. The predicted molar refractivity (Wildman–Crippen MR) is 44.7 cm³/mol. The van der Waals surface area contributed by atoms with Gasteiger partial charge in [0, 0.05) is 25.9 Å². The van der Waals surface area contributed by atoms with E-state index in [0.29, 0.717) is 4.31 Å². The average Bonchev–Trinajstić information content (AvgIpc) is 2.01. The SMILES string of the molecule is CN(C1CCC(F)(F)CC1)S(=O)(=O)[O-].[Li+]. The molecule has 0 aromatic carbocycles. The number of alkyl halides is 2. The molecule has 0 aromatic rings. The third-order valence-corrected chi connectivity index (χ3v) is 3.56. The Hall–Kier alpha value is 0.327. The molecule has 0 N–H and O–H groups in total. The van der Waals surface area contributed by atoms with Crippen LogP contribution in [0, 0.1) is 0 Å². The molecule has 1 rings (SSSR count). The molecule has 1 saturated carbocycles. The minimum atomic E-state index is -4.50. The molecule has 0 heterocycles. The number of rotatable bonds is 2. The van der Waals surface area contributed by atoms with Crippen molar-refractivity contribution in [3.05, 3.63) is 0 Å². The summed E-state index contributed by atoms with van der Waals surface area (Å²) >= 11 is 0. The van der Waals surface area contributed by atoms with Crippen LogP contribution >= 0.6 is 0 Å². The van der Waals surface area contributed by atoms with Crippen LogP contribution in [0.4, 0.5) is 8.78 Å². The van der Waals surface area contributed by atoms with Gasteiger partial charge in [-0.1, -0.05) is 0 Å². The minimum Gasteiger partial charge on any atom is -0.735 e. The van der Waals surface area contributed by atoms with Gasteiger partial charge in [-0.15, -0.1) is 0 Å². The van der Waals surface area contributed by atoms with Crippen molar-refractivity contribution in [3.8, 4) is 0 Å². The van der Waals surface area contributed by atoms with Gasteiger partial charge in [0.1, 0.15) is 0 Å². The minimum absolute atomic E-state index is 0. The predicted octanol–water partition coefficient (Wildman–Crippen LogP) is -2.04. The smallest absolute Gasteiger partial charge is 0.735 e. The summed E-state index contributed by atoms with van der Waals surface area (Å²) < 4.78 is 57.7. The standard InChI is InChI=1S/C7H13F2NO3S.Li/c1-10(14(11,12)13)6-2-4-7(8,9)5-3-6;/h6H,2-5H2,1H3,(H,11,12,13);/q;+1/p-1. The van der Waals surface area contributed by atoms with Gasteiger partial charge in [-0.3, -0.25) is 0 Å². The van der Waals surface area contributed by atoms with Crippen molar-refractivity contribution in [1.29, 1.82) is 0 Å². The van der Waals surface area contributed by atoms with Crippen molar-refractivity contribution in [1.82, 2.24) is 4.31 Å². The van der Waals surface area contributed by atoms with E-state index in [1.54, 1.807) is 0 Å². The third-order valence-electron chi connectivity index (χ3n) is 2.55. The average molecular weight is 235 g/mol. The fraction of sp³-hybridized carbons (Fsp3) is 1.00. The molecular formula is C7H12F2LiNO3S. The van der Waals surface area contributed by atoms with Gasteiger partial charge in [0.25, 0.3) is 0 Å². The van der Waals surface area contributed by atoms with Crippen LogP contribution in [0.5, 0.6) is 0 Å². The Morgan fingerprint density at radius 2 is 1.73 bits per heavy atom. The number of halogens is 2. The summed E-state index contributed by atoms with van der Waals surface area (Å²) in [6, 6.07) is -0.572. The molecule has 1 aliphatic rings. The van der Waals surface area contributed by atoms with E-state index < -0.39 is 22.3 Å². The second-order valence-corrected chi connectivity index (χ2v) is 4.99. The zero-order valence-electron chi connectivity index (χ0n) is 8.74. The number of hydrogen-bond donors (Lipinski definition) is 0. The largest absolute Gasteiger partial charge is 1.00 e. The zero-order valence-corrected chi connectivity index (χ0v) is 9.56. The second kappa shape index (κ2) is 5.10. The van der Waals surface area contributed by atoms with Crippen molar-refractivity contribution in [3.63, 3.8) is 0 Å². The fourth-order valence-corrected chi connectivity index (χ4v) is 2.15. The molecular weight excluding hydrogens is 223 g/mol. The Morgan fingerprint density at radius 1 is 1.33 bits per heavy atom. The van der Waals surface area contributed by atoms with Gasteiger partial charge in [-0.05, 0) is 12.8 Å². The molecule has 0 amide bonds. The van der Waals surface area contributed by atoms with Crippen LogP contribution in [0.25, 0.3) is 0 Å². The molecule has 15 heavy (non-hydrogen) atoms. The fourth-order valence-electron chi connectivity index (χ4n) is 1.57. The van der Waals surface area contributed by atoms with Crippen molar-refractivity contribution >= 4 is 10.3 Å². The van der Waals surface area contributed by atoms with E-state index in [1.165, 1.54) is 0 Å². The van der Waals surface area contributed by atoms with Crippen LogP contribution < -0.4 is 18.9 Å². The number of nitrogens with zero attached hydrogens (tertiary/aromatic N) is 1. The summed E-state index contributed by atoms with van der Waals surface area (Å²) in [7, 11) is -3.37. The van der Waals surface area contributed by atoms with Crippen LogP contribution in [-0.2, 0) is 10.3 Å². The van der Waals surface area contributed by atoms with Gasteiger partial charge >= 0.3 is 18.9 Å². The Morgan fingerprint density at radius 3 is 2.07 bits per heavy atom. The normalized spacial score (nSPS) is 22.5. The van der Waals surface area contributed by atoms with Crippen molar-refractivity contribution in [2.24, 2.45) is 0 Å². The molecule has 0 bridgehead atoms.